The molecule has 0 saturated carbocycles. The lowest BCUT2D eigenvalue weighted by molar-refractivity contribution is -0.842. The zero-order valence-corrected chi connectivity index (χ0v) is 12.1. The quantitative estimate of drug-likeness (QED) is 0.723. The van der Waals surface area contributed by atoms with Gasteiger partial charge < -0.3 is 10.4 Å². The Balaban J connectivity index is 1.96. The molecule has 20 heavy (non-hydrogen) atoms. The van der Waals surface area contributed by atoms with Crippen LogP contribution in [0.5, 0.6) is 0 Å². The van der Waals surface area contributed by atoms with Crippen LogP contribution in [0.15, 0.2) is 28.5 Å². The lowest BCUT2D eigenvalue weighted by atomic mass is 9.71. The van der Waals surface area contributed by atoms with Gasteiger partial charge in [0.25, 0.3) is 0 Å². The lowest BCUT2D eigenvalue weighted by Crippen LogP contribution is -2.50. The SMILES string of the molecule is CC(C)[N+]1(C(=O)O)N=CC2=C1C=CC1(CCNCC1)C2. The summed E-state index contributed by atoms with van der Waals surface area (Å²) < 4.78 is -0.305. The fourth-order valence-corrected chi connectivity index (χ4v) is 3.61. The third-order valence-corrected chi connectivity index (χ3v) is 4.87. The minimum absolute atomic E-state index is 0.108. The summed E-state index contributed by atoms with van der Waals surface area (Å²) in [6.07, 6.45) is 8.30. The molecule has 1 unspecified atom stereocenters. The first kappa shape index (κ1) is 13.5. The highest BCUT2D eigenvalue weighted by Gasteiger charge is 2.51. The minimum atomic E-state index is -0.896. The van der Waals surface area contributed by atoms with E-state index in [0.29, 0.717) is 0 Å². The molecule has 0 bridgehead atoms. The zero-order chi connectivity index (χ0) is 14.4. The number of hydrogen-bond acceptors (Lipinski definition) is 3. The smallest absolute Gasteiger partial charge is 0.433 e. The van der Waals surface area contributed by atoms with Gasteiger partial charge in [-0.3, -0.25) is 0 Å². The van der Waals surface area contributed by atoms with E-state index in [2.05, 4.69) is 16.5 Å². The maximum absolute atomic E-state index is 11.8. The molecule has 2 heterocycles. The van der Waals surface area contributed by atoms with E-state index in [1.807, 2.05) is 19.9 Å². The molecule has 3 rings (SSSR count). The normalized spacial score (nSPS) is 31.1. The molecule has 1 atom stereocenters. The minimum Gasteiger partial charge on any atom is -0.433 e. The molecule has 0 aromatic rings. The number of nitrogens with zero attached hydrogens (tertiary/aromatic N) is 2. The van der Waals surface area contributed by atoms with Crippen LogP contribution in [0.2, 0.25) is 0 Å². The first-order chi connectivity index (χ1) is 9.50. The van der Waals surface area contributed by atoms with Crippen molar-refractivity contribution >= 4 is 12.3 Å². The maximum Gasteiger partial charge on any atom is 0.546 e. The number of nitrogens with one attached hydrogen (secondary N) is 1. The molecule has 2 N–H and O–H groups in total. The average Bonchev–Trinajstić information content (AvgIpc) is 2.79. The van der Waals surface area contributed by atoms with Crippen molar-refractivity contribution in [3.05, 3.63) is 23.4 Å². The zero-order valence-electron chi connectivity index (χ0n) is 12.1. The molecule has 1 saturated heterocycles. The Labute approximate surface area is 119 Å². The molecular formula is C15H22N3O2+. The topological polar surface area (TPSA) is 61.7 Å². The molecule has 1 fully saturated rings. The van der Waals surface area contributed by atoms with Crippen LogP contribution in [0, 0.1) is 5.41 Å². The summed E-state index contributed by atoms with van der Waals surface area (Å²) in [5.41, 5.74) is 2.15. The molecule has 5 nitrogen and oxygen atoms in total. The Hall–Kier alpha value is -1.46. The van der Waals surface area contributed by atoms with Gasteiger partial charge in [-0.15, -0.1) is 0 Å². The Morgan fingerprint density at radius 2 is 2.15 bits per heavy atom. The van der Waals surface area contributed by atoms with Crippen LogP contribution in [0.25, 0.3) is 0 Å². The number of quaternary nitrogens is 1. The summed E-state index contributed by atoms with van der Waals surface area (Å²) in [6.45, 7) is 5.88. The Morgan fingerprint density at radius 1 is 1.45 bits per heavy atom. The van der Waals surface area contributed by atoms with Crippen LogP contribution in [0.3, 0.4) is 0 Å². The fraction of sp³-hybridized carbons (Fsp3) is 0.600. The van der Waals surface area contributed by atoms with Gasteiger partial charge in [0.1, 0.15) is 6.04 Å². The van der Waals surface area contributed by atoms with Crippen LogP contribution in [0.1, 0.15) is 33.1 Å². The molecule has 3 aliphatic rings. The van der Waals surface area contributed by atoms with Gasteiger partial charge in [0.05, 0.1) is 6.21 Å². The molecule has 1 spiro atoms. The summed E-state index contributed by atoms with van der Waals surface area (Å²) in [7, 11) is 0. The number of rotatable bonds is 1. The number of allylic oxidation sites excluding steroid dienone is 3. The van der Waals surface area contributed by atoms with Gasteiger partial charge in [-0.05, 0) is 57.7 Å². The highest BCUT2D eigenvalue weighted by molar-refractivity contribution is 5.84. The molecule has 0 radical (unpaired) electrons. The molecule has 0 aromatic heterocycles. The number of hydrogen-bond donors (Lipinski definition) is 2. The summed E-state index contributed by atoms with van der Waals surface area (Å²) in [5, 5.41) is 17.4. The largest absolute Gasteiger partial charge is 0.546 e. The van der Waals surface area contributed by atoms with Crippen molar-refractivity contribution < 1.29 is 14.5 Å². The van der Waals surface area contributed by atoms with Crippen LogP contribution in [0.4, 0.5) is 4.79 Å². The first-order valence-electron chi connectivity index (χ1n) is 7.32. The van der Waals surface area contributed by atoms with Crippen molar-refractivity contribution in [3.8, 4) is 0 Å². The second-order valence-electron chi connectivity index (χ2n) is 6.34. The second-order valence-corrected chi connectivity index (χ2v) is 6.34. The Morgan fingerprint density at radius 3 is 2.75 bits per heavy atom. The van der Waals surface area contributed by atoms with Crippen molar-refractivity contribution in [2.45, 2.75) is 39.2 Å². The van der Waals surface area contributed by atoms with Crippen LogP contribution in [-0.2, 0) is 0 Å². The van der Waals surface area contributed by atoms with Crippen molar-refractivity contribution in [1.29, 1.82) is 0 Å². The van der Waals surface area contributed by atoms with Gasteiger partial charge >= 0.3 is 6.09 Å². The standard InChI is InChI=1S/C15H21N3O2/c1-11(2)18(14(19)20)13-3-4-15(5-7-16-8-6-15)9-12(13)10-17-18/h3-4,10-11,16H,5-9H2,1-2H3/p+1. The monoisotopic (exact) mass is 276 g/mol. The van der Waals surface area contributed by atoms with Gasteiger partial charge in [0.15, 0.2) is 5.70 Å². The van der Waals surface area contributed by atoms with E-state index in [-0.39, 0.29) is 16.0 Å². The lowest BCUT2D eigenvalue weighted by Gasteiger charge is -2.38. The van der Waals surface area contributed by atoms with E-state index in [0.717, 1.165) is 43.6 Å². The molecule has 1 amide bonds. The third-order valence-electron chi connectivity index (χ3n) is 4.87. The Kier molecular flexibility index (Phi) is 3.06. The van der Waals surface area contributed by atoms with E-state index in [1.165, 1.54) is 0 Å². The Bertz CT molecular complexity index is 527. The van der Waals surface area contributed by atoms with E-state index in [9.17, 15) is 9.90 Å². The molecule has 108 valence electrons. The second kappa shape index (κ2) is 4.53. The highest BCUT2D eigenvalue weighted by Crippen LogP contribution is 2.45. The fourth-order valence-electron chi connectivity index (χ4n) is 3.61. The van der Waals surface area contributed by atoms with Crippen molar-refractivity contribution in [1.82, 2.24) is 5.32 Å². The third kappa shape index (κ3) is 1.77. The van der Waals surface area contributed by atoms with Crippen LogP contribution >= 0.6 is 0 Å². The van der Waals surface area contributed by atoms with E-state index >= 15 is 0 Å². The molecule has 5 heteroatoms. The van der Waals surface area contributed by atoms with Crippen molar-refractivity contribution in [2.24, 2.45) is 10.5 Å². The maximum atomic E-state index is 11.8. The summed E-state index contributed by atoms with van der Waals surface area (Å²) in [6, 6.07) is -0.108. The average molecular weight is 276 g/mol. The number of carboxylic acid groups (broad SMARTS) is 1. The van der Waals surface area contributed by atoms with Gasteiger partial charge in [-0.1, -0.05) is 15.8 Å². The van der Waals surface area contributed by atoms with Gasteiger partial charge in [0, 0.05) is 5.57 Å². The summed E-state index contributed by atoms with van der Waals surface area (Å²) in [4.78, 5) is 11.8. The van der Waals surface area contributed by atoms with Crippen molar-refractivity contribution in [3.63, 3.8) is 0 Å². The van der Waals surface area contributed by atoms with E-state index in [4.69, 9.17) is 0 Å². The first-order valence-corrected chi connectivity index (χ1v) is 7.32. The summed E-state index contributed by atoms with van der Waals surface area (Å²) >= 11 is 0. The number of piperidine rings is 1. The molecule has 2 aliphatic heterocycles. The van der Waals surface area contributed by atoms with E-state index in [1.54, 1.807) is 6.21 Å². The predicted molar refractivity (Wildman–Crippen MR) is 77.2 cm³/mol. The van der Waals surface area contributed by atoms with Gasteiger partial charge in [0.2, 0.25) is 0 Å². The molecule has 1 aliphatic carbocycles. The van der Waals surface area contributed by atoms with Crippen LogP contribution in [-0.4, -0.2) is 41.1 Å². The van der Waals surface area contributed by atoms with Crippen LogP contribution < -0.4 is 5.32 Å². The van der Waals surface area contributed by atoms with E-state index < -0.39 is 6.09 Å². The summed E-state index contributed by atoms with van der Waals surface area (Å²) in [5.74, 6) is 0. The van der Waals surface area contributed by atoms with Crippen molar-refractivity contribution in [2.75, 3.05) is 13.1 Å². The molecule has 0 aromatic carbocycles. The predicted octanol–water partition coefficient (Wildman–Crippen LogP) is 2.47. The number of amides is 1. The highest BCUT2D eigenvalue weighted by atomic mass is 16.4. The number of carbonyl (C=O) groups is 1. The molecular weight excluding hydrogens is 254 g/mol. The van der Waals surface area contributed by atoms with Gasteiger partial charge in [-0.2, -0.15) is 4.79 Å². The van der Waals surface area contributed by atoms with Gasteiger partial charge in [-0.25, -0.2) is 0 Å².